The molecule has 0 saturated heterocycles. The Labute approximate surface area is 123 Å². The van der Waals surface area contributed by atoms with Crippen molar-refractivity contribution in [3.8, 4) is 11.8 Å². The maximum absolute atomic E-state index is 12.1. The molecule has 2 aromatic carbocycles. The number of nitrogens with zero attached hydrogens (tertiary/aromatic N) is 1. The first-order chi connectivity index (χ1) is 10.2. The van der Waals surface area contributed by atoms with E-state index in [1.165, 1.54) is 6.08 Å². The Morgan fingerprint density at radius 3 is 2.48 bits per heavy atom. The normalized spacial score (nSPS) is 10.6. The third kappa shape index (κ3) is 3.71. The molecule has 1 amide bonds. The topological polar surface area (TPSA) is 62.1 Å². The number of benzene rings is 2. The molecule has 0 radical (unpaired) electrons. The summed E-state index contributed by atoms with van der Waals surface area (Å²) >= 11 is 0. The molecule has 0 unspecified atom stereocenters. The summed E-state index contributed by atoms with van der Waals surface area (Å²) in [4.78, 5) is 12.1. The van der Waals surface area contributed by atoms with Crippen molar-refractivity contribution in [2.75, 3.05) is 12.4 Å². The minimum Gasteiger partial charge on any atom is -0.496 e. The molecular weight excluding hydrogens is 264 g/mol. The predicted octanol–water partition coefficient (Wildman–Crippen LogP) is 3.24. The van der Waals surface area contributed by atoms with Gasteiger partial charge in [0.1, 0.15) is 17.4 Å². The molecule has 0 aliphatic rings. The van der Waals surface area contributed by atoms with E-state index in [4.69, 9.17) is 4.74 Å². The lowest BCUT2D eigenvalue weighted by molar-refractivity contribution is -0.112. The monoisotopic (exact) mass is 278 g/mol. The second-order valence-electron chi connectivity index (χ2n) is 4.23. The molecule has 0 bridgehead atoms. The summed E-state index contributed by atoms with van der Waals surface area (Å²) in [6.07, 6.45) is 1.51. The highest BCUT2D eigenvalue weighted by molar-refractivity contribution is 6.09. The van der Waals surface area contributed by atoms with Gasteiger partial charge in [-0.3, -0.25) is 4.79 Å². The number of methoxy groups -OCH3 is 1. The van der Waals surface area contributed by atoms with Gasteiger partial charge in [0.25, 0.3) is 5.91 Å². The summed E-state index contributed by atoms with van der Waals surface area (Å²) in [6, 6.07) is 18.1. The average molecular weight is 278 g/mol. The maximum atomic E-state index is 12.1. The Balaban J connectivity index is 2.25. The lowest BCUT2D eigenvalue weighted by Crippen LogP contribution is -2.13. The molecule has 2 aromatic rings. The van der Waals surface area contributed by atoms with Crippen molar-refractivity contribution >= 4 is 17.7 Å². The van der Waals surface area contributed by atoms with Crippen LogP contribution in [0.5, 0.6) is 5.75 Å². The van der Waals surface area contributed by atoms with Gasteiger partial charge in [0, 0.05) is 11.3 Å². The summed E-state index contributed by atoms with van der Waals surface area (Å²) in [5, 5.41) is 11.9. The van der Waals surface area contributed by atoms with E-state index < -0.39 is 5.91 Å². The Bertz CT molecular complexity index is 700. The Morgan fingerprint density at radius 2 is 1.81 bits per heavy atom. The lowest BCUT2D eigenvalue weighted by atomic mass is 10.1. The SMILES string of the molecule is COc1ccccc1/C=C(/C#N)C(=O)Nc1ccccc1. The van der Waals surface area contributed by atoms with Crippen LogP contribution < -0.4 is 10.1 Å². The first-order valence-electron chi connectivity index (χ1n) is 6.36. The fraction of sp³-hybridized carbons (Fsp3) is 0.0588. The zero-order chi connectivity index (χ0) is 15.1. The standard InChI is InChI=1S/C17H14N2O2/c1-21-16-10-6-5-7-13(16)11-14(12-18)17(20)19-15-8-3-2-4-9-15/h2-11H,1H3,(H,19,20)/b14-11-. The molecule has 0 saturated carbocycles. The molecule has 0 spiro atoms. The number of nitriles is 1. The smallest absolute Gasteiger partial charge is 0.266 e. The minimum atomic E-state index is -0.449. The van der Waals surface area contributed by atoms with E-state index in [1.54, 1.807) is 31.4 Å². The van der Waals surface area contributed by atoms with E-state index in [0.717, 1.165) is 0 Å². The summed E-state index contributed by atoms with van der Waals surface area (Å²) in [5.74, 6) is 0.160. The van der Waals surface area contributed by atoms with Crippen LogP contribution in [0.4, 0.5) is 5.69 Å². The summed E-state index contributed by atoms with van der Waals surface area (Å²) in [7, 11) is 1.54. The molecular formula is C17H14N2O2. The number of para-hydroxylation sites is 2. The highest BCUT2D eigenvalue weighted by atomic mass is 16.5. The van der Waals surface area contributed by atoms with Crippen LogP contribution in [0.1, 0.15) is 5.56 Å². The van der Waals surface area contributed by atoms with Crippen LogP contribution in [0.3, 0.4) is 0 Å². The number of hydrogen-bond acceptors (Lipinski definition) is 3. The van der Waals surface area contributed by atoms with Crippen molar-refractivity contribution in [2.45, 2.75) is 0 Å². The van der Waals surface area contributed by atoms with Crippen LogP contribution in [-0.2, 0) is 4.79 Å². The summed E-state index contributed by atoms with van der Waals surface area (Å²) in [6.45, 7) is 0. The van der Waals surface area contributed by atoms with Crippen LogP contribution in [-0.4, -0.2) is 13.0 Å². The molecule has 0 aliphatic heterocycles. The fourth-order valence-electron chi connectivity index (χ4n) is 1.81. The van der Waals surface area contributed by atoms with Gasteiger partial charge in [-0.2, -0.15) is 5.26 Å². The van der Waals surface area contributed by atoms with Crippen molar-refractivity contribution in [1.29, 1.82) is 5.26 Å². The fourth-order valence-corrected chi connectivity index (χ4v) is 1.81. The number of amides is 1. The van der Waals surface area contributed by atoms with Crippen molar-refractivity contribution in [3.05, 3.63) is 65.7 Å². The van der Waals surface area contributed by atoms with Crippen molar-refractivity contribution in [2.24, 2.45) is 0 Å². The first-order valence-corrected chi connectivity index (χ1v) is 6.36. The number of anilines is 1. The Morgan fingerprint density at radius 1 is 1.14 bits per heavy atom. The Kier molecular flexibility index (Phi) is 4.73. The van der Waals surface area contributed by atoms with Crippen molar-refractivity contribution < 1.29 is 9.53 Å². The second kappa shape index (κ2) is 6.92. The maximum Gasteiger partial charge on any atom is 0.266 e. The minimum absolute atomic E-state index is 0.0170. The highest BCUT2D eigenvalue weighted by Crippen LogP contribution is 2.20. The van der Waals surface area contributed by atoms with Crippen LogP contribution in [0.2, 0.25) is 0 Å². The van der Waals surface area contributed by atoms with Gasteiger partial charge in [-0.05, 0) is 24.3 Å². The number of ether oxygens (including phenoxy) is 1. The number of carbonyl (C=O) groups is 1. The molecule has 0 aromatic heterocycles. The van der Waals surface area contributed by atoms with E-state index in [0.29, 0.717) is 17.0 Å². The van der Waals surface area contributed by atoms with Crippen molar-refractivity contribution in [3.63, 3.8) is 0 Å². The van der Waals surface area contributed by atoms with Crippen LogP contribution in [0, 0.1) is 11.3 Å². The van der Waals surface area contributed by atoms with E-state index in [9.17, 15) is 10.1 Å². The molecule has 0 atom stereocenters. The molecule has 4 heteroatoms. The summed E-state index contributed by atoms with van der Waals surface area (Å²) < 4.78 is 5.20. The molecule has 21 heavy (non-hydrogen) atoms. The zero-order valence-corrected chi connectivity index (χ0v) is 11.5. The van der Waals surface area contributed by atoms with Crippen LogP contribution >= 0.6 is 0 Å². The molecule has 104 valence electrons. The van der Waals surface area contributed by atoms with Crippen LogP contribution in [0.15, 0.2) is 60.2 Å². The summed E-state index contributed by atoms with van der Waals surface area (Å²) in [5.41, 5.74) is 1.34. The predicted molar refractivity (Wildman–Crippen MR) is 81.7 cm³/mol. The van der Waals surface area contributed by atoms with Crippen LogP contribution in [0.25, 0.3) is 6.08 Å². The molecule has 0 fully saturated rings. The van der Waals surface area contributed by atoms with Gasteiger partial charge in [0.05, 0.1) is 7.11 Å². The lowest BCUT2D eigenvalue weighted by Gasteiger charge is -2.06. The Hall–Kier alpha value is -3.06. The van der Waals surface area contributed by atoms with Gasteiger partial charge in [-0.25, -0.2) is 0 Å². The number of nitrogens with one attached hydrogen (secondary N) is 1. The van der Waals surface area contributed by atoms with Gasteiger partial charge in [0.15, 0.2) is 0 Å². The quantitative estimate of drug-likeness (QED) is 0.689. The van der Waals surface area contributed by atoms with Gasteiger partial charge in [-0.1, -0.05) is 36.4 Å². The largest absolute Gasteiger partial charge is 0.496 e. The van der Waals surface area contributed by atoms with Gasteiger partial charge >= 0.3 is 0 Å². The number of hydrogen-bond donors (Lipinski definition) is 1. The van der Waals surface area contributed by atoms with Gasteiger partial charge in [0.2, 0.25) is 0 Å². The molecule has 2 rings (SSSR count). The molecule has 1 N–H and O–H groups in total. The van der Waals surface area contributed by atoms with E-state index in [2.05, 4.69) is 5.32 Å². The highest BCUT2D eigenvalue weighted by Gasteiger charge is 2.10. The van der Waals surface area contributed by atoms with Gasteiger partial charge < -0.3 is 10.1 Å². The number of rotatable bonds is 4. The van der Waals surface area contributed by atoms with Gasteiger partial charge in [-0.15, -0.1) is 0 Å². The number of carbonyl (C=O) groups excluding carboxylic acids is 1. The molecule has 0 aliphatic carbocycles. The molecule has 4 nitrogen and oxygen atoms in total. The third-order valence-corrected chi connectivity index (χ3v) is 2.84. The van der Waals surface area contributed by atoms with E-state index >= 15 is 0 Å². The van der Waals surface area contributed by atoms with Crippen molar-refractivity contribution in [1.82, 2.24) is 0 Å². The molecule has 0 heterocycles. The third-order valence-electron chi connectivity index (χ3n) is 2.84. The first kappa shape index (κ1) is 14.4. The zero-order valence-electron chi connectivity index (χ0n) is 11.5. The van der Waals surface area contributed by atoms with E-state index in [-0.39, 0.29) is 5.57 Å². The average Bonchev–Trinajstić information content (AvgIpc) is 2.53. The van der Waals surface area contributed by atoms with E-state index in [1.807, 2.05) is 36.4 Å². The second-order valence-corrected chi connectivity index (χ2v) is 4.23.